The lowest BCUT2D eigenvalue weighted by Crippen LogP contribution is -2.29. The molecule has 1 unspecified atom stereocenters. The predicted octanol–water partition coefficient (Wildman–Crippen LogP) is 11.3. The molecular weight excluding hydrogens is 364 g/mol. The molecule has 0 aromatic heterocycles. The van der Waals surface area contributed by atoms with E-state index in [9.17, 15) is 0 Å². The first-order valence-corrected chi connectivity index (χ1v) is 17.3. The van der Waals surface area contributed by atoms with Gasteiger partial charge >= 0.3 is 0 Å². The fourth-order valence-corrected chi connectivity index (χ4v) is 8.96. The lowest BCUT2D eigenvalue weighted by molar-refractivity contribution is 0.581. The van der Waals surface area contributed by atoms with Gasteiger partial charge in [-0.2, -0.15) is 0 Å². The Bertz CT molecular complexity index is 301. The minimum atomic E-state index is -0.974. The zero-order valence-corrected chi connectivity index (χ0v) is 22.5. The van der Waals surface area contributed by atoms with Gasteiger partial charge in [-0.25, -0.2) is 0 Å². The van der Waals surface area contributed by atoms with Gasteiger partial charge in [-0.05, 0) is 0 Å². The van der Waals surface area contributed by atoms with Crippen molar-refractivity contribution in [3.8, 4) is 0 Å². The summed E-state index contributed by atoms with van der Waals surface area (Å²) in [5.41, 5.74) is 0. The fraction of sp³-hybridized carbons (Fsp3) is 1.00. The van der Waals surface area contributed by atoms with E-state index in [-0.39, 0.29) is 0 Å². The first kappa shape index (κ1) is 29.2. The van der Waals surface area contributed by atoms with Crippen LogP contribution in [0.15, 0.2) is 0 Å². The maximum absolute atomic E-state index is 2.78. The summed E-state index contributed by atoms with van der Waals surface area (Å²) in [6, 6.07) is 4.89. The Balaban J connectivity index is 4.02. The molecule has 29 heavy (non-hydrogen) atoms. The first-order valence-electron chi connectivity index (χ1n) is 14.2. The quantitative estimate of drug-likeness (QED) is 0.107. The molecule has 0 heterocycles. The molecule has 0 aromatic rings. The highest BCUT2D eigenvalue weighted by atomic mass is 28.3. The van der Waals surface area contributed by atoms with Gasteiger partial charge < -0.3 is 0 Å². The van der Waals surface area contributed by atoms with E-state index in [0.717, 1.165) is 0 Å². The van der Waals surface area contributed by atoms with Crippen LogP contribution in [0.5, 0.6) is 0 Å². The molecular formula is C28H60Si. The maximum atomic E-state index is 2.78. The highest BCUT2D eigenvalue weighted by Crippen LogP contribution is 2.29. The Hall–Kier alpha value is 0.217. The van der Waals surface area contributed by atoms with E-state index < -0.39 is 8.07 Å². The summed E-state index contributed by atoms with van der Waals surface area (Å²) in [6.07, 6.45) is 31.0. The minimum Gasteiger partial charge on any atom is -0.0691 e. The summed E-state index contributed by atoms with van der Waals surface area (Å²) in [7, 11) is -0.974. The van der Waals surface area contributed by atoms with Crippen LogP contribution in [0.2, 0.25) is 24.7 Å². The molecule has 0 aromatic carbocycles. The van der Waals surface area contributed by atoms with Crippen molar-refractivity contribution in [3.63, 3.8) is 0 Å². The molecule has 0 radical (unpaired) electrons. The van der Waals surface area contributed by atoms with Gasteiger partial charge in [0.1, 0.15) is 0 Å². The fourth-order valence-electron chi connectivity index (χ4n) is 4.90. The van der Waals surface area contributed by atoms with Crippen LogP contribution in [0.25, 0.3) is 0 Å². The second-order valence-corrected chi connectivity index (χ2v) is 15.5. The smallest absolute Gasteiger partial charge is 0.0504 e. The van der Waals surface area contributed by atoms with Crippen LogP contribution < -0.4 is 0 Å². The van der Waals surface area contributed by atoms with Crippen LogP contribution in [0.1, 0.15) is 156 Å². The molecule has 0 aliphatic rings. The van der Waals surface area contributed by atoms with Gasteiger partial charge in [0.15, 0.2) is 0 Å². The van der Waals surface area contributed by atoms with Crippen molar-refractivity contribution >= 4 is 8.07 Å². The lowest BCUT2D eigenvalue weighted by atomic mass is 10.1. The van der Waals surface area contributed by atoms with Crippen molar-refractivity contribution in [2.75, 3.05) is 0 Å². The summed E-state index contributed by atoms with van der Waals surface area (Å²) >= 11 is 0. The van der Waals surface area contributed by atoms with Crippen molar-refractivity contribution in [2.45, 2.75) is 180 Å². The zero-order valence-electron chi connectivity index (χ0n) is 21.5. The van der Waals surface area contributed by atoms with Gasteiger partial charge in [0.25, 0.3) is 0 Å². The first-order chi connectivity index (χ1) is 14.2. The Morgan fingerprint density at radius 2 is 0.517 bits per heavy atom. The molecule has 0 nitrogen and oxygen atoms in total. The van der Waals surface area contributed by atoms with Gasteiger partial charge in [0.05, 0.1) is 8.07 Å². The molecule has 0 aliphatic carbocycles. The zero-order chi connectivity index (χ0) is 21.5. The van der Waals surface area contributed by atoms with Crippen LogP contribution in [0, 0.1) is 0 Å². The second kappa shape index (κ2) is 22.9. The molecule has 0 bridgehead atoms. The maximum Gasteiger partial charge on any atom is 0.0504 e. The molecule has 1 heteroatoms. The molecule has 0 aliphatic heterocycles. The summed E-state index contributed by atoms with van der Waals surface area (Å²) in [6.45, 7) is 9.75. The molecule has 0 saturated heterocycles. The topological polar surface area (TPSA) is 0 Å². The van der Waals surface area contributed by atoms with Gasteiger partial charge in [0.2, 0.25) is 0 Å². The Morgan fingerprint density at radius 1 is 0.310 bits per heavy atom. The van der Waals surface area contributed by atoms with E-state index in [1.807, 2.05) is 0 Å². The third kappa shape index (κ3) is 21.2. The standard InChI is InChI=1S/C28H60Si/c1-5-8-11-14-17-19-22-25-28-29(4,26-23-20-16-13-10-7-3)27-24-21-18-15-12-9-6-2/h5-28H2,1-4H3. The molecule has 0 N–H and O–H groups in total. The van der Waals surface area contributed by atoms with E-state index in [1.54, 1.807) is 37.4 Å². The third-order valence-electron chi connectivity index (χ3n) is 7.15. The SMILES string of the molecule is CCCCCCCCCC[Si](C)(CCCCCCCC)CCCCCCCCC. The number of hydrogen-bond donors (Lipinski definition) is 0. The molecule has 0 fully saturated rings. The summed E-state index contributed by atoms with van der Waals surface area (Å²) < 4.78 is 0. The van der Waals surface area contributed by atoms with Gasteiger partial charge in [0, 0.05) is 0 Å². The second-order valence-electron chi connectivity index (χ2n) is 10.4. The van der Waals surface area contributed by atoms with Gasteiger partial charge in [-0.3, -0.25) is 0 Å². The largest absolute Gasteiger partial charge is 0.0691 e. The predicted molar refractivity (Wildman–Crippen MR) is 140 cm³/mol. The molecule has 0 rings (SSSR count). The number of rotatable bonds is 24. The summed E-state index contributed by atoms with van der Waals surface area (Å²) in [5, 5.41) is 0. The lowest BCUT2D eigenvalue weighted by Gasteiger charge is -2.28. The van der Waals surface area contributed by atoms with Crippen LogP contribution >= 0.6 is 0 Å². The highest BCUT2D eigenvalue weighted by molar-refractivity contribution is 6.78. The Kier molecular flexibility index (Phi) is 23.1. The molecule has 0 spiro atoms. The van der Waals surface area contributed by atoms with Crippen LogP contribution in [-0.2, 0) is 0 Å². The van der Waals surface area contributed by atoms with Crippen LogP contribution in [-0.4, -0.2) is 8.07 Å². The van der Waals surface area contributed by atoms with Crippen molar-refractivity contribution in [1.29, 1.82) is 0 Å². The Morgan fingerprint density at radius 3 is 0.759 bits per heavy atom. The minimum absolute atomic E-state index is 0.974. The van der Waals surface area contributed by atoms with Gasteiger partial charge in [-0.1, -0.05) is 180 Å². The molecule has 176 valence electrons. The van der Waals surface area contributed by atoms with Gasteiger partial charge in [-0.15, -0.1) is 0 Å². The van der Waals surface area contributed by atoms with E-state index in [0.29, 0.717) is 0 Å². The summed E-state index contributed by atoms with van der Waals surface area (Å²) in [4.78, 5) is 0. The van der Waals surface area contributed by atoms with Crippen LogP contribution in [0.4, 0.5) is 0 Å². The summed E-state index contributed by atoms with van der Waals surface area (Å²) in [5.74, 6) is 0. The van der Waals surface area contributed by atoms with E-state index in [4.69, 9.17) is 0 Å². The average molecular weight is 425 g/mol. The van der Waals surface area contributed by atoms with Crippen molar-refractivity contribution in [3.05, 3.63) is 0 Å². The number of unbranched alkanes of at least 4 members (excludes halogenated alkanes) is 18. The van der Waals surface area contributed by atoms with Crippen molar-refractivity contribution in [2.24, 2.45) is 0 Å². The molecule has 1 atom stereocenters. The Labute approximate surface area is 188 Å². The third-order valence-corrected chi connectivity index (χ3v) is 11.8. The van der Waals surface area contributed by atoms with Crippen molar-refractivity contribution in [1.82, 2.24) is 0 Å². The van der Waals surface area contributed by atoms with Crippen LogP contribution in [0.3, 0.4) is 0 Å². The molecule has 0 amide bonds. The normalized spacial score (nSPS) is 13.7. The number of hydrogen-bond acceptors (Lipinski definition) is 0. The van der Waals surface area contributed by atoms with E-state index in [1.165, 1.54) is 116 Å². The molecule has 0 saturated carbocycles. The highest BCUT2D eigenvalue weighted by Gasteiger charge is 2.25. The van der Waals surface area contributed by atoms with Crippen molar-refractivity contribution < 1.29 is 0 Å². The van der Waals surface area contributed by atoms with E-state index >= 15 is 0 Å². The average Bonchev–Trinajstić information content (AvgIpc) is 2.72. The monoisotopic (exact) mass is 424 g/mol. The van der Waals surface area contributed by atoms with E-state index in [2.05, 4.69) is 27.3 Å².